The summed E-state index contributed by atoms with van der Waals surface area (Å²) >= 11 is 0. The number of rotatable bonds is 12. The number of ether oxygens (including phenoxy) is 1. The van der Waals surface area contributed by atoms with Crippen molar-refractivity contribution in [3.05, 3.63) is 29.6 Å². The van der Waals surface area contributed by atoms with Crippen LogP contribution in [-0.2, 0) is 11.3 Å². The number of hydrogen-bond acceptors (Lipinski definition) is 5. The summed E-state index contributed by atoms with van der Waals surface area (Å²) in [6.45, 7) is 13.7. The van der Waals surface area contributed by atoms with E-state index in [1.807, 2.05) is 19.1 Å². The summed E-state index contributed by atoms with van der Waals surface area (Å²) in [5.41, 5.74) is 1.58. The van der Waals surface area contributed by atoms with E-state index in [1.54, 1.807) is 13.2 Å². The molecule has 2 rings (SSSR count). The molecule has 0 spiro atoms. The molecule has 0 unspecified atom stereocenters. The lowest BCUT2D eigenvalue weighted by Gasteiger charge is -2.35. The Morgan fingerprint density at radius 3 is 2.58 bits per heavy atom. The average molecular weight is 437 g/mol. The highest BCUT2D eigenvalue weighted by Crippen LogP contribution is 2.22. The van der Waals surface area contributed by atoms with Gasteiger partial charge in [0.05, 0.1) is 12.2 Å². The van der Waals surface area contributed by atoms with Gasteiger partial charge < -0.3 is 30.1 Å². The van der Waals surface area contributed by atoms with Crippen LogP contribution in [0.15, 0.2) is 23.2 Å². The van der Waals surface area contributed by atoms with Crippen LogP contribution >= 0.6 is 0 Å². The Kier molecular flexibility index (Phi) is 11.6. The molecule has 8 heteroatoms. The summed E-state index contributed by atoms with van der Waals surface area (Å²) in [5, 5.41) is 6.62. The first-order valence-electron chi connectivity index (χ1n) is 11.5. The Bertz CT molecular complexity index is 663. The van der Waals surface area contributed by atoms with Crippen LogP contribution in [0.3, 0.4) is 0 Å². The summed E-state index contributed by atoms with van der Waals surface area (Å²) in [5.74, 6) is 0.598. The van der Waals surface area contributed by atoms with Crippen molar-refractivity contribution in [2.75, 3.05) is 84.6 Å². The Hall–Kier alpha value is -1.90. The monoisotopic (exact) mass is 436 g/mol. The van der Waals surface area contributed by atoms with Crippen LogP contribution in [0.1, 0.15) is 25.8 Å². The SMILES string of the molecule is CCNC(=NCc1ccc(N2CCN(CC)CC2)c(F)c1)NCCN(C)CCCOC. The molecule has 1 aliphatic heterocycles. The van der Waals surface area contributed by atoms with Gasteiger partial charge in [-0.05, 0) is 44.6 Å². The summed E-state index contributed by atoms with van der Waals surface area (Å²) in [7, 11) is 3.83. The highest BCUT2D eigenvalue weighted by molar-refractivity contribution is 5.79. The molecule has 0 atom stereocenters. The number of anilines is 1. The van der Waals surface area contributed by atoms with Crippen LogP contribution in [-0.4, -0.2) is 95.4 Å². The Morgan fingerprint density at radius 1 is 1.16 bits per heavy atom. The topological polar surface area (TPSA) is 55.4 Å². The van der Waals surface area contributed by atoms with Gasteiger partial charge in [-0.25, -0.2) is 9.38 Å². The number of piperazine rings is 1. The number of halogens is 1. The summed E-state index contributed by atoms with van der Waals surface area (Å²) in [4.78, 5) is 11.4. The number of guanidine groups is 1. The second-order valence-electron chi connectivity index (χ2n) is 7.98. The van der Waals surface area contributed by atoms with Crippen molar-refractivity contribution in [3.8, 4) is 0 Å². The number of likely N-dealkylation sites (N-methyl/N-ethyl adjacent to an activating group) is 2. The molecule has 0 radical (unpaired) electrons. The zero-order chi connectivity index (χ0) is 22.5. The molecule has 0 saturated carbocycles. The Balaban J connectivity index is 1.85. The van der Waals surface area contributed by atoms with E-state index >= 15 is 0 Å². The molecule has 31 heavy (non-hydrogen) atoms. The highest BCUT2D eigenvalue weighted by Gasteiger charge is 2.18. The molecule has 1 heterocycles. The highest BCUT2D eigenvalue weighted by atomic mass is 19.1. The number of benzene rings is 1. The third-order valence-electron chi connectivity index (χ3n) is 5.61. The molecule has 1 aromatic carbocycles. The van der Waals surface area contributed by atoms with Gasteiger partial charge in [0.15, 0.2) is 5.96 Å². The van der Waals surface area contributed by atoms with Gasteiger partial charge in [-0.15, -0.1) is 0 Å². The fourth-order valence-electron chi connectivity index (χ4n) is 3.68. The molecular formula is C23H41FN6O. The van der Waals surface area contributed by atoms with Crippen molar-refractivity contribution in [1.82, 2.24) is 20.4 Å². The van der Waals surface area contributed by atoms with E-state index in [1.165, 1.54) is 0 Å². The third kappa shape index (κ3) is 9.01. The minimum atomic E-state index is -0.159. The van der Waals surface area contributed by atoms with E-state index in [-0.39, 0.29) is 5.82 Å². The molecule has 1 aliphatic rings. The van der Waals surface area contributed by atoms with Crippen LogP contribution in [0.5, 0.6) is 0 Å². The van der Waals surface area contributed by atoms with Gasteiger partial charge in [0.2, 0.25) is 0 Å². The van der Waals surface area contributed by atoms with E-state index in [4.69, 9.17) is 4.74 Å². The quantitative estimate of drug-likeness (QED) is 0.297. The molecule has 1 saturated heterocycles. The molecule has 0 bridgehead atoms. The molecule has 1 aromatic rings. The lowest BCUT2D eigenvalue weighted by molar-refractivity contribution is 0.180. The van der Waals surface area contributed by atoms with E-state index in [9.17, 15) is 4.39 Å². The zero-order valence-electron chi connectivity index (χ0n) is 19.8. The number of methoxy groups -OCH3 is 1. The minimum absolute atomic E-state index is 0.159. The minimum Gasteiger partial charge on any atom is -0.385 e. The smallest absolute Gasteiger partial charge is 0.191 e. The maximum atomic E-state index is 14.8. The van der Waals surface area contributed by atoms with Crippen LogP contribution in [0.2, 0.25) is 0 Å². The molecule has 0 aliphatic carbocycles. The van der Waals surface area contributed by atoms with Crippen LogP contribution in [0.4, 0.5) is 10.1 Å². The van der Waals surface area contributed by atoms with Crippen molar-refractivity contribution < 1.29 is 9.13 Å². The number of nitrogens with one attached hydrogen (secondary N) is 2. The molecule has 0 aromatic heterocycles. The number of aliphatic imine (C=N–C) groups is 1. The molecule has 0 amide bonds. The van der Waals surface area contributed by atoms with Crippen LogP contribution in [0.25, 0.3) is 0 Å². The zero-order valence-corrected chi connectivity index (χ0v) is 19.8. The number of nitrogens with zero attached hydrogens (tertiary/aromatic N) is 4. The van der Waals surface area contributed by atoms with Crippen LogP contribution < -0.4 is 15.5 Å². The second-order valence-corrected chi connectivity index (χ2v) is 7.98. The summed E-state index contributed by atoms with van der Waals surface area (Å²) < 4.78 is 19.9. The maximum absolute atomic E-state index is 14.8. The van der Waals surface area contributed by atoms with Crippen molar-refractivity contribution in [1.29, 1.82) is 0 Å². The molecule has 2 N–H and O–H groups in total. The van der Waals surface area contributed by atoms with Gasteiger partial charge >= 0.3 is 0 Å². The van der Waals surface area contributed by atoms with E-state index in [0.717, 1.165) is 83.5 Å². The first kappa shape index (κ1) is 25.4. The summed E-state index contributed by atoms with van der Waals surface area (Å²) in [6, 6.07) is 5.51. The largest absolute Gasteiger partial charge is 0.385 e. The van der Waals surface area contributed by atoms with E-state index in [0.29, 0.717) is 12.2 Å². The van der Waals surface area contributed by atoms with Crippen molar-refractivity contribution in [2.45, 2.75) is 26.8 Å². The van der Waals surface area contributed by atoms with Crippen LogP contribution in [0, 0.1) is 5.82 Å². The van der Waals surface area contributed by atoms with E-state index in [2.05, 4.69) is 44.3 Å². The fourth-order valence-corrected chi connectivity index (χ4v) is 3.68. The molecule has 176 valence electrons. The molecular weight excluding hydrogens is 395 g/mol. The Morgan fingerprint density at radius 2 is 1.94 bits per heavy atom. The van der Waals surface area contributed by atoms with Gasteiger partial charge in [-0.2, -0.15) is 0 Å². The fraction of sp³-hybridized carbons (Fsp3) is 0.696. The molecule has 7 nitrogen and oxygen atoms in total. The maximum Gasteiger partial charge on any atom is 0.191 e. The van der Waals surface area contributed by atoms with Crippen molar-refractivity contribution in [2.24, 2.45) is 4.99 Å². The van der Waals surface area contributed by atoms with Gasteiger partial charge in [-0.1, -0.05) is 13.0 Å². The van der Waals surface area contributed by atoms with Crippen molar-refractivity contribution in [3.63, 3.8) is 0 Å². The first-order valence-corrected chi connectivity index (χ1v) is 11.5. The van der Waals surface area contributed by atoms with Crippen molar-refractivity contribution >= 4 is 11.6 Å². The molecule has 1 fully saturated rings. The average Bonchev–Trinajstić information content (AvgIpc) is 2.78. The van der Waals surface area contributed by atoms with Gasteiger partial charge in [0.1, 0.15) is 5.82 Å². The predicted octanol–water partition coefficient (Wildman–Crippen LogP) is 1.99. The second kappa shape index (κ2) is 14.2. The number of hydrogen-bond donors (Lipinski definition) is 2. The lowest BCUT2D eigenvalue weighted by atomic mass is 10.1. The van der Waals surface area contributed by atoms with E-state index < -0.39 is 0 Å². The predicted molar refractivity (Wildman–Crippen MR) is 128 cm³/mol. The Labute approximate surface area is 187 Å². The standard InChI is InChI=1S/C23H41FN6O/c1-5-25-23(26-10-12-28(3)11-7-17-31-4)27-19-20-8-9-22(21(24)18-20)30-15-13-29(6-2)14-16-30/h8-9,18H,5-7,10-17,19H2,1-4H3,(H2,25,26,27). The first-order chi connectivity index (χ1) is 15.1. The summed E-state index contributed by atoms with van der Waals surface area (Å²) in [6.07, 6.45) is 1.02. The van der Waals surface area contributed by atoms with Gasteiger partial charge in [0.25, 0.3) is 0 Å². The normalized spacial score (nSPS) is 15.5. The lowest BCUT2D eigenvalue weighted by Crippen LogP contribution is -2.46. The van der Waals surface area contributed by atoms with Gasteiger partial charge in [-0.3, -0.25) is 0 Å². The third-order valence-corrected chi connectivity index (χ3v) is 5.61. The van der Waals surface area contributed by atoms with Gasteiger partial charge in [0, 0.05) is 66.1 Å².